The number of rotatable bonds is 3. The summed E-state index contributed by atoms with van der Waals surface area (Å²) in [4.78, 5) is 15.5. The summed E-state index contributed by atoms with van der Waals surface area (Å²) in [5.74, 6) is -0.179. The van der Waals surface area contributed by atoms with E-state index in [0.717, 1.165) is 35.0 Å². The zero-order valence-electron chi connectivity index (χ0n) is 8.59. The van der Waals surface area contributed by atoms with Crippen molar-refractivity contribution in [1.82, 2.24) is 4.98 Å². The maximum Gasteiger partial charge on any atom is 0.223 e. The van der Waals surface area contributed by atoms with Gasteiger partial charge in [0, 0.05) is 16.4 Å². The summed E-state index contributed by atoms with van der Waals surface area (Å²) in [5.41, 5.74) is 7.20. The lowest BCUT2D eigenvalue weighted by Crippen LogP contribution is -2.26. The summed E-state index contributed by atoms with van der Waals surface area (Å²) >= 11 is 3.38. The summed E-state index contributed by atoms with van der Waals surface area (Å²) in [6.07, 6.45) is 4.31. The topological polar surface area (TPSA) is 56.0 Å². The smallest absolute Gasteiger partial charge is 0.223 e. The Balaban J connectivity index is 2.24. The van der Waals surface area contributed by atoms with Crippen LogP contribution in [0.15, 0.2) is 16.7 Å². The number of amides is 1. The van der Waals surface area contributed by atoms with Gasteiger partial charge in [0.05, 0.1) is 5.41 Å². The van der Waals surface area contributed by atoms with Crippen LogP contribution in [0, 0.1) is 12.3 Å². The number of hydrogen-bond donors (Lipinski definition) is 1. The SMILES string of the molecule is Cc1ncc(Br)cc1CC1(C(N)=O)CC1. The minimum absolute atomic E-state index is 0.179. The normalized spacial score (nSPS) is 17.5. The van der Waals surface area contributed by atoms with E-state index in [4.69, 9.17) is 5.73 Å². The van der Waals surface area contributed by atoms with Crippen LogP contribution in [-0.2, 0) is 11.2 Å². The average Bonchev–Trinajstić information content (AvgIpc) is 2.92. The molecule has 0 spiro atoms. The highest BCUT2D eigenvalue weighted by atomic mass is 79.9. The van der Waals surface area contributed by atoms with E-state index in [9.17, 15) is 4.79 Å². The quantitative estimate of drug-likeness (QED) is 0.911. The molecule has 4 heteroatoms. The molecular weight excluding hydrogens is 256 g/mol. The number of halogens is 1. The fourth-order valence-electron chi connectivity index (χ4n) is 1.75. The van der Waals surface area contributed by atoms with Crippen molar-refractivity contribution >= 4 is 21.8 Å². The molecule has 1 aliphatic rings. The highest BCUT2D eigenvalue weighted by Crippen LogP contribution is 2.48. The Morgan fingerprint density at radius 3 is 2.87 bits per heavy atom. The van der Waals surface area contributed by atoms with Gasteiger partial charge >= 0.3 is 0 Å². The summed E-state index contributed by atoms with van der Waals surface area (Å²) in [6.45, 7) is 1.96. The number of aryl methyl sites for hydroxylation is 1. The Hall–Kier alpha value is -0.900. The molecule has 1 aromatic rings. The van der Waals surface area contributed by atoms with Crippen molar-refractivity contribution in [2.75, 3.05) is 0 Å². The van der Waals surface area contributed by atoms with Crippen molar-refractivity contribution in [3.8, 4) is 0 Å². The van der Waals surface area contributed by atoms with Crippen molar-refractivity contribution in [2.45, 2.75) is 26.2 Å². The van der Waals surface area contributed by atoms with Crippen LogP contribution in [0.4, 0.5) is 0 Å². The highest BCUT2D eigenvalue weighted by molar-refractivity contribution is 9.10. The molecule has 1 fully saturated rings. The molecule has 0 saturated heterocycles. The predicted octanol–water partition coefficient (Wildman–Crippen LogP) is 1.96. The van der Waals surface area contributed by atoms with Crippen molar-refractivity contribution in [2.24, 2.45) is 11.1 Å². The zero-order chi connectivity index (χ0) is 11.1. The standard InChI is InChI=1S/C11H13BrN2O/c1-7-8(4-9(12)6-14-7)5-11(2-3-11)10(13)15/h4,6H,2-3,5H2,1H3,(H2,13,15). The third kappa shape index (κ3) is 2.04. The Morgan fingerprint density at radius 1 is 1.67 bits per heavy atom. The van der Waals surface area contributed by atoms with Crippen molar-refractivity contribution < 1.29 is 4.79 Å². The van der Waals surface area contributed by atoms with E-state index < -0.39 is 0 Å². The molecule has 1 saturated carbocycles. The monoisotopic (exact) mass is 268 g/mol. The van der Waals surface area contributed by atoms with E-state index >= 15 is 0 Å². The molecule has 3 nitrogen and oxygen atoms in total. The Labute approximate surface area is 97.2 Å². The minimum Gasteiger partial charge on any atom is -0.369 e. The molecule has 2 N–H and O–H groups in total. The van der Waals surface area contributed by atoms with E-state index in [1.165, 1.54) is 0 Å². The molecule has 1 aromatic heterocycles. The molecule has 80 valence electrons. The number of carbonyl (C=O) groups excluding carboxylic acids is 1. The molecule has 2 rings (SSSR count). The number of hydrogen-bond acceptors (Lipinski definition) is 2. The van der Waals surface area contributed by atoms with Crippen LogP contribution in [-0.4, -0.2) is 10.9 Å². The van der Waals surface area contributed by atoms with E-state index in [-0.39, 0.29) is 11.3 Å². The summed E-state index contributed by atoms with van der Waals surface area (Å²) in [5, 5.41) is 0. The number of nitrogens with zero attached hydrogens (tertiary/aromatic N) is 1. The van der Waals surface area contributed by atoms with E-state index in [2.05, 4.69) is 20.9 Å². The molecule has 0 radical (unpaired) electrons. The van der Waals surface area contributed by atoms with Gasteiger partial charge in [0.1, 0.15) is 0 Å². The van der Waals surface area contributed by atoms with Crippen LogP contribution in [0.1, 0.15) is 24.1 Å². The first-order chi connectivity index (χ1) is 7.03. The maximum atomic E-state index is 11.3. The Kier molecular flexibility index (Phi) is 2.54. The second-order valence-electron chi connectivity index (χ2n) is 4.22. The first kappa shape index (κ1) is 10.6. The number of carbonyl (C=O) groups is 1. The zero-order valence-corrected chi connectivity index (χ0v) is 10.2. The lowest BCUT2D eigenvalue weighted by Gasteiger charge is -2.12. The van der Waals surface area contributed by atoms with Crippen molar-refractivity contribution in [3.63, 3.8) is 0 Å². The van der Waals surface area contributed by atoms with Gasteiger partial charge in [-0.1, -0.05) is 0 Å². The van der Waals surface area contributed by atoms with Gasteiger partial charge in [-0.05, 0) is 53.7 Å². The van der Waals surface area contributed by atoms with Gasteiger partial charge < -0.3 is 5.73 Å². The number of aromatic nitrogens is 1. The van der Waals surface area contributed by atoms with Crippen molar-refractivity contribution in [3.05, 3.63) is 28.0 Å². The molecule has 0 aliphatic heterocycles. The molecule has 1 heterocycles. The third-order valence-corrected chi connectivity index (χ3v) is 3.50. The van der Waals surface area contributed by atoms with Gasteiger partial charge in [0.2, 0.25) is 5.91 Å². The number of pyridine rings is 1. The minimum atomic E-state index is -0.284. The second-order valence-corrected chi connectivity index (χ2v) is 5.14. The van der Waals surface area contributed by atoms with Crippen molar-refractivity contribution in [1.29, 1.82) is 0 Å². The lowest BCUT2D eigenvalue weighted by atomic mass is 9.95. The summed E-state index contributed by atoms with van der Waals surface area (Å²) < 4.78 is 0.948. The third-order valence-electron chi connectivity index (χ3n) is 3.06. The number of nitrogens with two attached hydrogens (primary N) is 1. The first-order valence-corrected chi connectivity index (χ1v) is 5.74. The van der Waals surface area contributed by atoms with Gasteiger partial charge in [-0.15, -0.1) is 0 Å². The summed E-state index contributed by atoms with van der Waals surface area (Å²) in [7, 11) is 0. The van der Waals surface area contributed by atoms with Crippen LogP contribution in [0.3, 0.4) is 0 Å². The van der Waals surface area contributed by atoms with Crippen LogP contribution in [0.25, 0.3) is 0 Å². The molecule has 0 atom stereocenters. The second kappa shape index (κ2) is 3.59. The van der Waals surface area contributed by atoms with Gasteiger partial charge in [-0.2, -0.15) is 0 Å². The Bertz CT molecular complexity index is 413. The predicted molar refractivity (Wildman–Crippen MR) is 61.2 cm³/mol. The van der Waals surface area contributed by atoms with Crippen LogP contribution >= 0.6 is 15.9 Å². The van der Waals surface area contributed by atoms with Crippen LogP contribution < -0.4 is 5.73 Å². The molecule has 15 heavy (non-hydrogen) atoms. The largest absolute Gasteiger partial charge is 0.369 e. The molecule has 1 aliphatic carbocycles. The molecule has 0 unspecified atom stereocenters. The number of primary amides is 1. The van der Waals surface area contributed by atoms with Gasteiger partial charge in [0.15, 0.2) is 0 Å². The average molecular weight is 269 g/mol. The van der Waals surface area contributed by atoms with Crippen LogP contribution in [0.5, 0.6) is 0 Å². The van der Waals surface area contributed by atoms with E-state index in [1.807, 2.05) is 13.0 Å². The Morgan fingerprint density at radius 2 is 2.33 bits per heavy atom. The summed E-state index contributed by atoms with van der Waals surface area (Å²) in [6, 6.07) is 2.02. The highest BCUT2D eigenvalue weighted by Gasteiger charge is 2.48. The fraction of sp³-hybridized carbons (Fsp3) is 0.455. The fourth-order valence-corrected chi connectivity index (χ4v) is 2.13. The molecule has 0 aromatic carbocycles. The maximum absolute atomic E-state index is 11.3. The molecule has 0 bridgehead atoms. The van der Waals surface area contributed by atoms with Gasteiger partial charge in [-0.3, -0.25) is 9.78 Å². The first-order valence-electron chi connectivity index (χ1n) is 4.94. The van der Waals surface area contributed by atoms with Gasteiger partial charge in [-0.25, -0.2) is 0 Å². The molecular formula is C11H13BrN2O. The van der Waals surface area contributed by atoms with Gasteiger partial charge in [0.25, 0.3) is 0 Å². The molecule has 1 amide bonds. The van der Waals surface area contributed by atoms with Crippen LogP contribution in [0.2, 0.25) is 0 Å². The van der Waals surface area contributed by atoms with E-state index in [0.29, 0.717) is 0 Å². The van der Waals surface area contributed by atoms with E-state index in [1.54, 1.807) is 6.20 Å². The lowest BCUT2D eigenvalue weighted by molar-refractivity contribution is -0.123.